The number of nitrogens with one attached hydrogen (secondary N) is 1. The van der Waals surface area contributed by atoms with Gasteiger partial charge in [-0.05, 0) is 0 Å². The maximum atomic E-state index is 10.5. The Balaban J connectivity index is 0. The molecule has 0 aliphatic rings. The maximum Gasteiger partial charge on any atom is 0.166 e. The lowest BCUT2D eigenvalue weighted by Crippen LogP contribution is -2.00. The third-order valence-corrected chi connectivity index (χ3v) is 0.976. The highest BCUT2D eigenvalue weighted by Gasteiger charge is 1.95. The molecule has 0 aliphatic carbocycles. The lowest BCUT2D eigenvalue weighted by molar-refractivity contribution is -0.119. The second-order valence-electron chi connectivity index (χ2n) is 1.63. The number of ether oxygens (including phenoxy) is 1. The van der Waals surface area contributed by atoms with E-state index in [1.807, 2.05) is 20.8 Å². The van der Waals surface area contributed by atoms with Crippen LogP contribution in [-0.4, -0.2) is 18.8 Å². The molecule has 3 heteroatoms. The van der Waals surface area contributed by atoms with Gasteiger partial charge in [-0.15, -0.1) is 0 Å². The second kappa shape index (κ2) is 11.9. The number of carbonyl (C=O) groups excluding carboxylic acids is 1. The first-order chi connectivity index (χ1) is 5.31. The zero-order valence-electron chi connectivity index (χ0n) is 7.52. The minimum atomic E-state index is 0.178. The van der Waals surface area contributed by atoms with Crippen molar-refractivity contribution < 1.29 is 9.53 Å². The lowest BCUT2D eigenvalue weighted by Gasteiger charge is -1.95. The first kappa shape index (κ1) is 12.8. The highest BCUT2D eigenvalue weighted by molar-refractivity contribution is 5.78. The average Bonchev–Trinajstić information content (AvgIpc) is 2.08. The van der Waals surface area contributed by atoms with E-state index in [0.717, 1.165) is 6.40 Å². The van der Waals surface area contributed by atoms with Crippen LogP contribution >= 0.6 is 0 Å². The zero-order valence-corrected chi connectivity index (χ0v) is 7.52. The smallest absolute Gasteiger partial charge is 0.166 e. The Morgan fingerprint density at radius 1 is 1.55 bits per heavy atom. The number of hydrogen-bond donors (Lipinski definition) is 1. The van der Waals surface area contributed by atoms with Gasteiger partial charge in [0, 0.05) is 12.8 Å². The van der Waals surface area contributed by atoms with E-state index in [1.165, 1.54) is 0 Å². The van der Waals surface area contributed by atoms with Crippen LogP contribution in [0.1, 0.15) is 33.6 Å². The molecular formula is C8H17NO2. The fourth-order valence-corrected chi connectivity index (χ4v) is 0.408. The standard InChI is InChI=1S/C6H11NO2.C2H6/c1-2-6(8)3-4-9-5-7;1-2/h5,7H,2-4H2,1H3;1-2H3. The van der Waals surface area contributed by atoms with Gasteiger partial charge in [0.25, 0.3) is 0 Å². The summed E-state index contributed by atoms with van der Waals surface area (Å²) in [5.41, 5.74) is 0. The summed E-state index contributed by atoms with van der Waals surface area (Å²) in [4.78, 5) is 10.5. The predicted octanol–water partition coefficient (Wildman–Crippen LogP) is 2.01. The summed E-state index contributed by atoms with van der Waals surface area (Å²) in [7, 11) is 0. The Bertz CT molecular complexity index is 102. The summed E-state index contributed by atoms with van der Waals surface area (Å²) in [6.45, 7) is 6.16. The van der Waals surface area contributed by atoms with Crippen LogP contribution in [0.5, 0.6) is 0 Å². The fraction of sp³-hybridized carbons (Fsp3) is 0.750. The molecule has 0 aromatic carbocycles. The Kier molecular flexibility index (Phi) is 13.8. The molecule has 0 saturated heterocycles. The summed E-state index contributed by atoms with van der Waals surface area (Å²) >= 11 is 0. The van der Waals surface area contributed by atoms with Crippen LogP contribution in [0.25, 0.3) is 0 Å². The molecule has 0 atom stereocenters. The van der Waals surface area contributed by atoms with E-state index in [4.69, 9.17) is 5.41 Å². The van der Waals surface area contributed by atoms with E-state index < -0.39 is 0 Å². The summed E-state index contributed by atoms with van der Waals surface area (Å²) < 4.78 is 4.53. The van der Waals surface area contributed by atoms with E-state index >= 15 is 0 Å². The fourth-order valence-electron chi connectivity index (χ4n) is 0.408. The molecule has 0 aliphatic heterocycles. The van der Waals surface area contributed by atoms with Gasteiger partial charge in [-0.3, -0.25) is 10.2 Å². The van der Waals surface area contributed by atoms with Gasteiger partial charge in [-0.1, -0.05) is 20.8 Å². The zero-order chi connectivity index (χ0) is 9.11. The average molecular weight is 159 g/mol. The van der Waals surface area contributed by atoms with Crippen molar-refractivity contribution in [3.63, 3.8) is 0 Å². The Hall–Kier alpha value is -0.860. The summed E-state index contributed by atoms with van der Waals surface area (Å²) in [6.07, 6.45) is 1.83. The van der Waals surface area contributed by atoms with Gasteiger partial charge < -0.3 is 4.74 Å². The van der Waals surface area contributed by atoms with Crippen molar-refractivity contribution in [3.05, 3.63) is 0 Å². The summed E-state index contributed by atoms with van der Waals surface area (Å²) in [5.74, 6) is 0.178. The number of Topliss-reactive ketones (excluding diaryl/α,β-unsaturated/α-hetero) is 1. The van der Waals surface area contributed by atoms with Crippen molar-refractivity contribution in [3.8, 4) is 0 Å². The molecule has 0 radical (unpaired) electrons. The molecular weight excluding hydrogens is 142 g/mol. The van der Waals surface area contributed by atoms with Crippen LogP contribution in [0.15, 0.2) is 0 Å². The van der Waals surface area contributed by atoms with Crippen LogP contribution in [0.2, 0.25) is 0 Å². The van der Waals surface area contributed by atoms with Gasteiger partial charge in [0.15, 0.2) is 6.40 Å². The van der Waals surface area contributed by atoms with Crippen LogP contribution in [0.4, 0.5) is 0 Å². The number of rotatable bonds is 5. The predicted molar refractivity (Wildman–Crippen MR) is 46.0 cm³/mol. The van der Waals surface area contributed by atoms with E-state index in [9.17, 15) is 4.79 Å². The van der Waals surface area contributed by atoms with Crippen molar-refractivity contribution in [1.82, 2.24) is 0 Å². The van der Waals surface area contributed by atoms with Crippen LogP contribution in [0, 0.1) is 5.41 Å². The van der Waals surface area contributed by atoms with Gasteiger partial charge in [0.2, 0.25) is 0 Å². The van der Waals surface area contributed by atoms with Gasteiger partial charge in [0.05, 0.1) is 6.61 Å². The van der Waals surface area contributed by atoms with Crippen LogP contribution in [-0.2, 0) is 9.53 Å². The molecule has 0 spiro atoms. The molecule has 0 rings (SSSR count). The van der Waals surface area contributed by atoms with Gasteiger partial charge in [-0.25, -0.2) is 0 Å². The molecule has 0 unspecified atom stereocenters. The Morgan fingerprint density at radius 3 is 2.45 bits per heavy atom. The first-order valence-electron chi connectivity index (χ1n) is 3.93. The van der Waals surface area contributed by atoms with Gasteiger partial charge in [0.1, 0.15) is 5.78 Å². The molecule has 0 heterocycles. The van der Waals surface area contributed by atoms with E-state index in [-0.39, 0.29) is 5.78 Å². The molecule has 0 aromatic heterocycles. The molecule has 0 bridgehead atoms. The van der Waals surface area contributed by atoms with Crippen molar-refractivity contribution in [1.29, 1.82) is 5.41 Å². The van der Waals surface area contributed by atoms with Gasteiger partial charge >= 0.3 is 0 Å². The molecule has 0 amide bonds. The minimum Gasteiger partial charge on any atom is -0.483 e. The summed E-state index contributed by atoms with van der Waals surface area (Å²) in [6, 6.07) is 0. The lowest BCUT2D eigenvalue weighted by atomic mass is 10.2. The van der Waals surface area contributed by atoms with Crippen LogP contribution < -0.4 is 0 Å². The molecule has 0 aromatic rings. The third-order valence-electron chi connectivity index (χ3n) is 0.976. The third kappa shape index (κ3) is 12.4. The normalized spacial score (nSPS) is 7.55. The van der Waals surface area contributed by atoms with Crippen molar-refractivity contribution in [2.75, 3.05) is 6.61 Å². The maximum absolute atomic E-state index is 10.5. The first-order valence-corrected chi connectivity index (χ1v) is 3.93. The number of ketones is 1. The number of hydrogen-bond acceptors (Lipinski definition) is 3. The molecule has 3 nitrogen and oxygen atoms in total. The molecule has 0 saturated carbocycles. The summed E-state index contributed by atoms with van der Waals surface area (Å²) in [5, 5.41) is 6.45. The topological polar surface area (TPSA) is 50.2 Å². The van der Waals surface area contributed by atoms with E-state index in [0.29, 0.717) is 19.4 Å². The SMILES string of the molecule is CC.CCC(=O)CCOC=N. The Labute approximate surface area is 68.3 Å². The molecule has 0 fully saturated rings. The van der Waals surface area contributed by atoms with Crippen LogP contribution in [0.3, 0.4) is 0 Å². The van der Waals surface area contributed by atoms with E-state index in [1.54, 1.807) is 0 Å². The van der Waals surface area contributed by atoms with Gasteiger partial charge in [-0.2, -0.15) is 0 Å². The minimum absolute atomic E-state index is 0.178. The van der Waals surface area contributed by atoms with Crippen molar-refractivity contribution in [2.45, 2.75) is 33.6 Å². The number of carbonyl (C=O) groups is 1. The van der Waals surface area contributed by atoms with E-state index in [2.05, 4.69) is 4.74 Å². The highest BCUT2D eigenvalue weighted by Crippen LogP contribution is 1.87. The molecule has 1 N–H and O–H groups in total. The Morgan fingerprint density at radius 2 is 2.09 bits per heavy atom. The second-order valence-corrected chi connectivity index (χ2v) is 1.63. The monoisotopic (exact) mass is 159 g/mol. The van der Waals surface area contributed by atoms with Crippen molar-refractivity contribution >= 4 is 12.2 Å². The molecule has 66 valence electrons. The highest BCUT2D eigenvalue weighted by atomic mass is 16.5. The quantitative estimate of drug-likeness (QED) is 0.379. The van der Waals surface area contributed by atoms with Crippen molar-refractivity contribution in [2.24, 2.45) is 0 Å². The largest absolute Gasteiger partial charge is 0.483 e. The molecule has 11 heavy (non-hydrogen) atoms.